The number of carbonyl (C=O) groups excluding carboxylic acids is 1. The third-order valence-corrected chi connectivity index (χ3v) is 4.76. The molecule has 0 spiro atoms. The minimum Gasteiger partial charge on any atom is -0.508 e. The Bertz CT molecular complexity index is 1110. The van der Waals surface area contributed by atoms with Crippen molar-refractivity contribution in [2.45, 2.75) is 19.1 Å². The molecule has 4 rings (SSSR count). The van der Waals surface area contributed by atoms with Gasteiger partial charge in [0.25, 0.3) is 0 Å². The van der Waals surface area contributed by atoms with E-state index in [2.05, 4.69) is 10.5 Å². The van der Waals surface area contributed by atoms with Crippen molar-refractivity contribution >= 4 is 11.8 Å². The zero-order chi connectivity index (χ0) is 21.8. The van der Waals surface area contributed by atoms with Crippen LogP contribution in [0, 0.1) is 0 Å². The molecule has 1 atom stereocenters. The van der Waals surface area contributed by atoms with Crippen LogP contribution in [-0.2, 0) is 11.3 Å². The number of nitrogens with one attached hydrogen (secondary N) is 1. The average molecular weight is 420 g/mol. The fourth-order valence-electron chi connectivity index (χ4n) is 3.29. The van der Waals surface area contributed by atoms with E-state index in [1.165, 1.54) is 24.3 Å². The highest BCUT2D eigenvalue weighted by Crippen LogP contribution is 2.42. The maximum atomic E-state index is 12.1. The number of ether oxygens (including phenoxy) is 2. The summed E-state index contributed by atoms with van der Waals surface area (Å²) in [7, 11) is 0. The summed E-state index contributed by atoms with van der Waals surface area (Å²) < 4.78 is 11.1. The van der Waals surface area contributed by atoms with Crippen molar-refractivity contribution in [1.29, 1.82) is 0 Å². The first-order chi connectivity index (χ1) is 15.0. The average Bonchev–Trinajstić information content (AvgIpc) is 2.76. The summed E-state index contributed by atoms with van der Waals surface area (Å²) in [5, 5.41) is 33.8. The van der Waals surface area contributed by atoms with Crippen LogP contribution in [0.5, 0.6) is 23.0 Å². The van der Waals surface area contributed by atoms with Gasteiger partial charge in [0.2, 0.25) is 0 Å². The molecule has 0 fully saturated rings. The molecule has 0 radical (unpaired) electrons. The van der Waals surface area contributed by atoms with Gasteiger partial charge < -0.3 is 24.8 Å². The van der Waals surface area contributed by atoms with Gasteiger partial charge in [0.15, 0.2) is 0 Å². The van der Waals surface area contributed by atoms with Crippen LogP contribution in [-0.4, -0.2) is 27.1 Å². The normalized spacial score (nSPS) is 16.3. The first-order valence-electron chi connectivity index (χ1n) is 9.55. The van der Waals surface area contributed by atoms with Gasteiger partial charge in [-0.05, 0) is 23.3 Å². The Hall–Kier alpha value is -4.20. The second kappa shape index (κ2) is 8.66. The molecule has 0 saturated heterocycles. The number of hydrogen-bond acceptors (Lipinski definition) is 7. The highest BCUT2D eigenvalue weighted by molar-refractivity contribution is 6.06. The number of rotatable bonds is 4. The number of carbonyl (C=O) groups is 1. The Kier molecular flexibility index (Phi) is 5.61. The fourth-order valence-corrected chi connectivity index (χ4v) is 3.29. The minimum absolute atomic E-state index is 0.0898. The first-order valence-corrected chi connectivity index (χ1v) is 9.55. The van der Waals surface area contributed by atoms with Gasteiger partial charge in [-0.2, -0.15) is 5.10 Å². The molecule has 0 bridgehead atoms. The van der Waals surface area contributed by atoms with Gasteiger partial charge in [-0.1, -0.05) is 42.5 Å². The summed E-state index contributed by atoms with van der Waals surface area (Å²) in [6.45, 7) is 0.0898. The number of nitrogens with zero attached hydrogens (tertiary/aromatic N) is 1. The van der Waals surface area contributed by atoms with Crippen LogP contribution in [0.25, 0.3) is 0 Å². The molecular formula is C23H20N2O6. The summed E-state index contributed by atoms with van der Waals surface area (Å²) in [6.07, 6.45) is -1.02. The highest BCUT2D eigenvalue weighted by atomic mass is 16.6. The Morgan fingerprint density at radius 2 is 1.77 bits per heavy atom. The molecule has 1 heterocycles. The largest absolute Gasteiger partial charge is 0.508 e. The number of hydrogen-bond donors (Lipinski definition) is 4. The standard InChI is InChI=1S/C23H20N2O6/c26-16-8-6-15(7-9-16)20-12-18(22-19(28)10-17(27)11-21(22)31-20)24-25-23(29)30-13-14-4-2-1-3-5-14/h1-11,20,26-28H,12-13H2,(H,25,29)/b24-18+/t20-/m0/s1. The SMILES string of the molecule is O=C(N/N=C1\C[C@@H](c2ccc(O)cc2)Oc2cc(O)cc(O)c21)OCc1ccccc1. The van der Waals surface area contributed by atoms with Crippen LogP contribution >= 0.6 is 0 Å². The third kappa shape index (κ3) is 4.69. The first kappa shape index (κ1) is 20.1. The van der Waals surface area contributed by atoms with Gasteiger partial charge >= 0.3 is 6.09 Å². The van der Waals surface area contributed by atoms with E-state index in [0.717, 1.165) is 11.1 Å². The summed E-state index contributed by atoms with van der Waals surface area (Å²) in [5.74, 6) is -0.0541. The lowest BCUT2D eigenvalue weighted by molar-refractivity contribution is 0.140. The minimum atomic E-state index is -0.746. The van der Waals surface area contributed by atoms with E-state index in [0.29, 0.717) is 5.71 Å². The number of aromatic hydroxyl groups is 3. The predicted octanol–water partition coefficient (Wildman–Crippen LogP) is 3.96. The van der Waals surface area contributed by atoms with Gasteiger partial charge in [-0.3, -0.25) is 0 Å². The maximum Gasteiger partial charge on any atom is 0.428 e. The number of amides is 1. The van der Waals surface area contributed by atoms with Crippen molar-refractivity contribution in [2.75, 3.05) is 0 Å². The predicted molar refractivity (Wildman–Crippen MR) is 112 cm³/mol. The van der Waals surface area contributed by atoms with Gasteiger partial charge in [-0.15, -0.1) is 0 Å². The maximum absolute atomic E-state index is 12.1. The Labute approximate surface area is 178 Å². The van der Waals surface area contributed by atoms with Crippen molar-refractivity contribution < 1.29 is 29.6 Å². The summed E-state index contributed by atoms with van der Waals surface area (Å²) in [6, 6.07) is 18.2. The van der Waals surface area contributed by atoms with E-state index in [1.54, 1.807) is 12.1 Å². The van der Waals surface area contributed by atoms with Gasteiger partial charge in [0.1, 0.15) is 35.7 Å². The van der Waals surface area contributed by atoms with Crippen LogP contribution in [0.2, 0.25) is 0 Å². The lowest BCUT2D eigenvalue weighted by Gasteiger charge is -2.28. The van der Waals surface area contributed by atoms with Crippen molar-refractivity contribution in [3.05, 3.63) is 83.4 Å². The summed E-state index contributed by atoms with van der Waals surface area (Å²) in [5.41, 5.74) is 4.56. The van der Waals surface area contributed by atoms with Crippen molar-refractivity contribution in [3.8, 4) is 23.0 Å². The smallest absolute Gasteiger partial charge is 0.428 e. The van der Waals surface area contributed by atoms with E-state index in [1.807, 2.05) is 30.3 Å². The lowest BCUT2D eigenvalue weighted by atomic mass is 9.94. The van der Waals surface area contributed by atoms with Gasteiger partial charge in [0, 0.05) is 18.6 Å². The van der Waals surface area contributed by atoms with Crippen LogP contribution in [0.4, 0.5) is 4.79 Å². The number of benzene rings is 3. The highest BCUT2D eigenvalue weighted by Gasteiger charge is 2.30. The number of phenols is 3. The zero-order valence-corrected chi connectivity index (χ0v) is 16.4. The molecule has 0 saturated carbocycles. The number of fused-ring (bicyclic) bond motifs is 1. The van der Waals surface area contributed by atoms with Gasteiger partial charge in [0.05, 0.1) is 11.3 Å². The lowest BCUT2D eigenvalue weighted by Crippen LogP contribution is -2.26. The summed E-state index contributed by atoms with van der Waals surface area (Å²) >= 11 is 0. The summed E-state index contributed by atoms with van der Waals surface area (Å²) in [4.78, 5) is 12.1. The molecule has 8 nitrogen and oxygen atoms in total. The second-order valence-corrected chi connectivity index (χ2v) is 6.97. The van der Waals surface area contributed by atoms with Gasteiger partial charge in [-0.25, -0.2) is 10.2 Å². The molecule has 4 N–H and O–H groups in total. The third-order valence-electron chi connectivity index (χ3n) is 4.76. The van der Waals surface area contributed by atoms with Crippen molar-refractivity contribution in [1.82, 2.24) is 5.43 Å². The number of phenolic OH excluding ortho intramolecular Hbond substituents is 3. The molecule has 8 heteroatoms. The van der Waals surface area contributed by atoms with Crippen LogP contribution < -0.4 is 10.2 Å². The molecule has 0 aromatic heterocycles. The molecule has 158 valence electrons. The Balaban J connectivity index is 1.55. The van der Waals surface area contributed by atoms with Crippen LogP contribution in [0.1, 0.15) is 29.2 Å². The van der Waals surface area contributed by atoms with E-state index >= 15 is 0 Å². The molecule has 3 aromatic rings. The molecular weight excluding hydrogens is 400 g/mol. The molecule has 0 aliphatic carbocycles. The Morgan fingerprint density at radius 1 is 1.03 bits per heavy atom. The van der Waals surface area contributed by atoms with E-state index in [4.69, 9.17) is 9.47 Å². The second-order valence-electron chi connectivity index (χ2n) is 6.97. The van der Waals surface area contributed by atoms with Crippen LogP contribution in [0.3, 0.4) is 0 Å². The van der Waals surface area contributed by atoms with E-state index in [9.17, 15) is 20.1 Å². The van der Waals surface area contributed by atoms with Crippen molar-refractivity contribution in [2.24, 2.45) is 5.10 Å². The van der Waals surface area contributed by atoms with E-state index < -0.39 is 12.2 Å². The van der Waals surface area contributed by atoms with E-state index in [-0.39, 0.29) is 41.6 Å². The van der Waals surface area contributed by atoms with Crippen LogP contribution in [0.15, 0.2) is 71.8 Å². The molecule has 1 amide bonds. The molecule has 31 heavy (non-hydrogen) atoms. The molecule has 1 aliphatic rings. The fraction of sp³-hybridized carbons (Fsp3) is 0.130. The monoisotopic (exact) mass is 420 g/mol. The molecule has 0 unspecified atom stereocenters. The topological polar surface area (TPSA) is 121 Å². The Morgan fingerprint density at radius 3 is 2.52 bits per heavy atom. The molecule has 1 aliphatic heterocycles. The quantitative estimate of drug-likeness (QED) is 0.474. The molecule has 3 aromatic carbocycles. The van der Waals surface area contributed by atoms with Crippen molar-refractivity contribution in [3.63, 3.8) is 0 Å². The number of hydrazone groups is 1. The zero-order valence-electron chi connectivity index (χ0n) is 16.4.